The van der Waals surface area contributed by atoms with Crippen LogP contribution in [-0.4, -0.2) is 17.9 Å². The van der Waals surface area contributed by atoms with E-state index in [-0.39, 0.29) is 11.8 Å². The first-order valence-corrected chi connectivity index (χ1v) is 6.12. The molecule has 0 saturated carbocycles. The maximum atomic E-state index is 11.9. The molecule has 0 aliphatic carbocycles. The number of rotatable bonds is 2. The SMILES string of the molecule is O=C1CCC(C(=O)Nc2ccc(Cl)c(Cl)c2)NN1. The van der Waals surface area contributed by atoms with Crippen LogP contribution in [0.2, 0.25) is 10.0 Å². The molecule has 1 atom stereocenters. The molecular weight excluding hydrogens is 277 g/mol. The van der Waals surface area contributed by atoms with Gasteiger partial charge in [-0.25, -0.2) is 5.43 Å². The lowest BCUT2D eigenvalue weighted by Crippen LogP contribution is -2.54. The third-order valence-corrected chi connectivity index (χ3v) is 3.29. The molecule has 1 aliphatic heterocycles. The Labute approximate surface area is 114 Å². The van der Waals surface area contributed by atoms with Crippen molar-refractivity contribution in [3.63, 3.8) is 0 Å². The lowest BCUT2D eigenvalue weighted by Gasteiger charge is -2.23. The van der Waals surface area contributed by atoms with Crippen LogP contribution >= 0.6 is 23.2 Å². The summed E-state index contributed by atoms with van der Waals surface area (Å²) in [6, 6.07) is 4.39. The van der Waals surface area contributed by atoms with Crippen molar-refractivity contribution in [1.29, 1.82) is 0 Å². The fourth-order valence-electron chi connectivity index (χ4n) is 1.58. The first-order valence-electron chi connectivity index (χ1n) is 5.36. The molecule has 1 aliphatic rings. The van der Waals surface area contributed by atoms with Crippen molar-refractivity contribution in [2.24, 2.45) is 0 Å². The van der Waals surface area contributed by atoms with Crippen LogP contribution in [-0.2, 0) is 9.59 Å². The number of hydrazine groups is 1. The van der Waals surface area contributed by atoms with Gasteiger partial charge in [-0.3, -0.25) is 15.0 Å². The topological polar surface area (TPSA) is 70.2 Å². The molecule has 3 N–H and O–H groups in total. The van der Waals surface area contributed by atoms with Gasteiger partial charge in [-0.05, 0) is 24.6 Å². The van der Waals surface area contributed by atoms with Crippen LogP contribution in [0.25, 0.3) is 0 Å². The quantitative estimate of drug-likeness (QED) is 0.776. The second-order valence-electron chi connectivity index (χ2n) is 3.90. The minimum Gasteiger partial charge on any atom is -0.325 e. The normalized spacial score (nSPS) is 19.2. The molecule has 1 heterocycles. The van der Waals surface area contributed by atoms with Crippen LogP contribution in [0.4, 0.5) is 5.69 Å². The standard InChI is InChI=1S/C11H11Cl2N3O2/c12-7-2-1-6(5-8(7)13)14-11(18)9-3-4-10(17)16-15-9/h1-2,5,9,15H,3-4H2,(H,14,18)(H,16,17). The van der Waals surface area contributed by atoms with E-state index < -0.39 is 6.04 Å². The van der Waals surface area contributed by atoms with Gasteiger partial charge in [-0.2, -0.15) is 0 Å². The van der Waals surface area contributed by atoms with Crippen LogP contribution in [0.5, 0.6) is 0 Å². The van der Waals surface area contributed by atoms with Gasteiger partial charge in [-0.1, -0.05) is 23.2 Å². The van der Waals surface area contributed by atoms with Crippen molar-refractivity contribution in [2.45, 2.75) is 18.9 Å². The maximum absolute atomic E-state index is 11.9. The first-order chi connectivity index (χ1) is 8.56. The van der Waals surface area contributed by atoms with Gasteiger partial charge in [0.05, 0.1) is 10.0 Å². The Morgan fingerprint density at radius 3 is 2.72 bits per heavy atom. The number of anilines is 1. The van der Waals surface area contributed by atoms with Gasteiger partial charge in [0.1, 0.15) is 6.04 Å². The van der Waals surface area contributed by atoms with Gasteiger partial charge in [0.25, 0.3) is 0 Å². The molecule has 1 fully saturated rings. The van der Waals surface area contributed by atoms with Crippen molar-refractivity contribution < 1.29 is 9.59 Å². The van der Waals surface area contributed by atoms with Crippen LogP contribution in [0.1, 0.15) is 12.8 Å². The summed E-state index contributed by atoms with van der Waals surface area (Å²) in [5.41, 5.74) is 5.63. The summed E-state index contributed by atoms with van der Waals surface area (Å²) in [6.07, 6.45) is 0.783. The summed E-state index contributed by atoms with van der Waals surface area (Å²) < 4.78 is 0. The summed E-state index contributed by atoms with van der Waals surface area (Å²) in [4.78, 5) is 22.8. The lowest BCUT2D eigenvalue weighted by molar-refractivity contribution is -0.126. The number of benzene rings is 1. The van der Waals surface area contributed by atoms with E-state index in [4.69, 9.17) is 23.2 Å². The third-order valence-electron chi connectivity index (χ3n) is 2.55. The Morgan fingerprint density at radius 2 is 2.11 bits per heavy atom. The highest BCUT2D eigenvalue weighted by atomic mass is 35.5. The predicted octanol–water partition coefficient (Wildman–Crippen LogP) is 1.72. The maximum Gasteiger partial charge on any atom is 0.243 e. The summed E-state index contributed by atoms with van der Waals surface area (Å²) in [5.74, 6) is -0.345. The Morgan fingerprint density at radius 1 is 1.33 bits per heavy atom. The molecule has 5 nitrogen and oxygen atoms in total. The fraction of sp³-hybridized carbons (Fsp3) is 0.273. The smallest absolute Gasteiger partial charge is 0.243 e. The van der Waals surface area contributed by atoms with E-state index in [0.717, 1.165) is 0 Å². The zero-order valence-electron chi connectivity index (χ0n) is 9.30. The molecule has 96 valence electrons. The number of hydrogen-bond acceptors (Lipinski definition) is 3. The summed E-state index contributed by atoms with van der Waals surface area (Å²) >= 11 is 11.6. The van der Waals surface area contributed by atoms with E-state index in [0.29, 0.717) is 28.6 Å². The highest BCUT2D eigenvalue weighted by Gasteiger charge is 2.24. The number of nitrogens with one attached hydrogen (secondary N) is 3. The largest absolute Gasteiger partial charge is 0.325 e. The van der Waals surface area contributed by atoms with Gasteiger partial charge in [-0.15, -0.1) is 0 Å². The number of hydrogen-bond donors (Lipinski definition) is 3. The molecule has 0 aromatic heterocycles. The van der Waals surface area contributed by atoms with Gasteiger partial charge in [0.15, 0.2) is 0 Å². The Hall–Kier alpha value is -1.30. The molecular formula is C11H11Cl2N3O2. The zero-order chi connectivity index (χ0) is 13.1. The average molecular weight is 288 g/mol. The lowest BCUT2D eigenvalue weighted by atomic mass is 10.1. The molecule has 0 bridgehead atoms. The van der Waals surface area contributed by atoms with E-state index in [2.05, 4.69) is 16.2 Å². The van der Waals surface area contributed by atoms with E-state index in [1.807, 2.05) is 0 Å². The Bertz CT molecular complexity index is 483. The van der Waals surface area contributed by atoms with Crippen molar-refractivity contribution in [1.82, 2.24) is 10.9 Å². The molecule has 2 rings (SSSR count). The molecule has 1 aromatic carbocycles. The highest BCUT2D eigenvalue weighted by molar-refractivity contribution is 6.42. The Balaban J connectivity index is 1.98. The van der Waals surface area contributed by atoms with Crippen molar-refractivity contribution in [3.05, 3.63) is 28.2 Å². The second kappa shape index (κ2) is 5.56. The van der Waals surface area contributed by atoms with Crippen LogP contribution in [0.3, 0.4) is 0 Å². The minimum absolute atomic E-state index is 0.117. The van der Waals surface area contributed by atoms with Crippen LogP contribution in [0, 0.1) is 0 Å². The third kappa shape index (κ3) is 3.13. The number of halogens is 2. The summed E-state index contributed by atoms with van der Waals surface area (Å²) in [5, 5.41) is 3.50. The van der Waals surface area contributed by atoms with Gasteiger partial charge < -0.3 is 5.32 Å². The molecule has 1 aromatic rings. The Kier molecular flexibility index (Phi) is 4.06. The van der Waals surface area contributed by atoms with Crippen LogP contribution < -0.4 is 16.2 Å². The number of carbonyl (C=O) groups is 2. The monoisotopic (exact) mass is 287 g/mol. The second-order valence-corrected chi connectivity index (χ2v) is 4.72. The molecule has 1 saturated heterocycles. The van der Waals surface area contributed by atoms with Crippen molar-refractivity contribution in [2.75, 3.05) is 5.32 Å². The summed E-state index contributed by atoms with van der Waals surface area (Å²) in [7, 11) is 0. The van der Waals surface area contributed by atoms with Gasteiger partial charge in [0, 0.05) is 12.1 Å². The highest BCUT2D eigenvalue weighted by Crippen LogP contribution is 2.25. The van der Waals surface area contributed by atoms with E-state index >= 15 is 0 Å². The predicted molar refractivity (Wildman–Crippen MR) is 69.4 cm³/mol. The molecule has 18 heavy (non-hydrogen) atoms. The minimum atomic E-state index is -0.447. The first kappa shape index (κ1) is 13.1. The van der Waals surface area contributed by atoms with Gasteiger partial charge in [0.2, 0.25) is 11.8 Å². The summed E-state index contributed by atoms with van der Waals surface area (Å²) in [6.45, 7) is 0. The van der Waals surface area contributed by atoms with Crippen LogP contribution in [0.15, 0.2) is 18.2 Å². The van der Waals surface area contributed by atoms with E-state index in [9.17, 15) is 9.59 Å². The van der Waals surface area contributed by atoms with E-state index in [1.54, 1.807) is 18.2 Å². The molecule has 0 spiro atoms. The fourth-order valence-corrected chi connectivity index (χ4v) is 1.88. The number of amides is 2. The van der Waals surface area contributed by atoms with Crippen molar-refractivity contribution >= 4 is 40.7 Å². The molecule has 0 radical (unpaired) electrons. The molecule has 7 heteroatoms. The number of carbonyl (C=O) groups excluding carboxylic acids is 2. The van der Waals surface area contributed by atoms with Crippen molar-refractivity contribution in [3.8, 4) is 0 Å². The molecule has 1 unspecified atom stereocenters. The zero-order valence-corrected chi connectivity index (χ0v) is 10.8. The van der Waals surface area contributed by atoms with E-state index in [1.165, 1.54) is 0 Å². The average Bonchev–Trinajstić information content (AvgIpc) is 2.34. The molecule has 2 amide bonds. The van der Waals surface area contributed by atoms with Gasteiger partial charge >= 0.3 is 0 Å².